The molecule has 0 fully saturated rings. The Labute approximate surface area is 161 Å². The Bertz CT molecular complexity index is 773. The summed E-state index contributed by atoms with van der Waals surface area (Å²) in [6.07, 6.45) is 5.99. The molecule has 2 aromatic rings. The van der Waals surface area contributed by atoms with Crippen LogP contribution in [0, 0.1) is 5.82 Å². The Morgan fingerprint density at radius 1 is 1.15 bits per heavy atom. The lowest BCUT2D eigenvalue weighted by atomic mass is 9.73. The number of unbranched alkanes of at least 4 members (excludes halogenated alkanes) is 1. The number of nitrogens with two attached hydrogens (primary N) is 1. The van der Waals surface area contributed by atoms with Gasteiger partial charge < -0.3 is 5.73 Å². The molecule has 0 aliphatic heterocycles. The topological polar surface area (TPSA) is 35.2 Å². The van der Waals surface area contributed by atoms with E-state index in [1.807, 2.05) is 26.0 Å². The van der Waals surface area contributed by atoms with E-state index < -0.39 is 5.82 Å². The highest BCUT2D eigenvalue weighted by Crippen LogP contribution is 2.47. The molecule has 4 heteroatoms. The predicted molar refractivity (Wildman–Crippen MR) is 109 cm³/mol. The second-order valence-electron chi connectivity index (χ2n) is 6.92. The first-order valence-corrected chi connectivity index (χ1v) is 10.1. The monoisotopic (exact) mass is 375 g/mol. The maximum Gasteiger partial charge on any atom is 0.208 e. The van der Waals surface area contributed by atoms with E-state index in [0.29, 0.717) is 17.2 Å². The minimum atomic E-state index is -0.636. The molecule has 2 nitrogen and oxygen atoms in total. The van der Waals surface area contributed by atoms with Crippen molar-refractivity contribution in [2.45, 2.75) is 72.1 Å². The van der Waals surface area contributed by atoms with Crippen molar-refractivity contribution in [3.8, 4) is 16.9 Å². The fourth-order valence-electron chi connectivity index (χ4n) is 4.09. The molecule has 0 spiro atoms. The predicted octanol–water partition coefficient (Wildman–Crippen LogP) is 7.15. The van der Waals surface area contributed by atoms with Crippen LogP contribution < -0.4 is 10.7 Å². The van der Waals surface area contributed by atoms with Crippen molar-refractivity contribution in [1.82, 2.24) is 0 Å². The van der Waals surface area contributed by atoms with Crippen LogP contribution in [0.3, 0.4) is 0 Å². The maximum absolute atomic E-state index is 14.9. The number of rotatable bonds is 6. The van der Waals surface area contributed by atoms with E-state index in [9.17, 15) is 8.92 Å². The van der Waals surface area contributed by atoms with Gasteiger partial charge in [-0.15, -0.1) is 0 Å². The molecule has 0 aromatic heterocycles. The van der Waals surface area contributed by atoms with E-state index in [4.69, 9.17) is 5.73 Å². The Balaban J connectivity index is 0.00000126. The van der Waals surface area contributed by atoms with E-state index in [0.717, 1.165) is 49.7 Å². The smallest absolute Gasteiger partial charge is 0.208 e. The molecule has 0 heterocycles. The van der Waals surface area contributed by atoms with Crippen LogP contribution in [0.4, 0.5) is 14.6 Å². The fourth-order valence-corrected chi connectivity index (χ4v) is 4.09. The van der Waals surface area contributed by atoms with Gasteiger partial charge in [-0.25, -0.2) is 4.39 Å². The summed E-state index contributed by atoms with van der Waals surface area (Å²) < 4.78 is 27.5. The van der Waals surface area contributed by atoms with Crippen LogP contribution in [0.2, 0.25) is 0 Å². The van der Waals surface area contributed by atoms with Crippen LogP contribution in [0.1, 0.15) is 76.0 Å². The first-order valence-electron chi connectivity index (χ1n) is 10.1. The summed E-state index contributed by atoms with van der Waals surface area (Å²) in [6.45, 7) is 8.31. The van der Waals surface area contributed by atoms with Gasteiger partial charge in [0.15, 0.2) is 5.82 Å². The molecule has 27 heavy (non-hydrogen) atoms. The first kappa shape index (κ1) is 21.2. The van der Waals surface area contributed by atoms with Crippen LogP contribution in [0.25, 0.3) is 11.1 Å². The minimum Gasteiger partial charge on any atom is -0.399 e. The standard InChI is InChI=1S/C21H25F2NO.C2H6/c1-3-5-7-14-10-15-8-9-18(25-23)21(22)20(15)17-12-16(24)11-13(6-4-2)19(14)17;1-2/h8-9,11-12,14H,3-7,10,24H2,1-2H3;1-2H3. The van der Waals surface area contributed by atoms with Gasteiger partial charge in [-0.1, -0.05) is 53.0 Å². The van der Waals surface area contributed by atoms with Gasteiger partial charge in [0.25, 0.3) is 0 Å². The van der Waals surface area contributed by atoms with Crippen LogP contribution in [-0.4, -0.2) is 0 Å². The van der Waals surface area contributed by atoms with Crippen molar-refractivity contribution in [3.63, 3.8) is 0 Å². The molecule has 0 bridgehead atoms. The van der Waals surface area contributed by atoms with Crippen molar-refractivity contribution in [1.29, 1.82) is 0 Å². The molecule has 2 aromatic carbocycles. The Morgan fingerprint density at radius 2 is 1.89 bits per heavy atom. The summed E-state index contributed by atoms with van der Waals surface area (Å²) in [5.74, 6) is -0.652. The van der Waals surface area contributed by atoms with Gasteiger partial charge in [-0.3, -0.25) is 4.94 Å². The van der Waals surface area contributed by atoms with Crippen molar-refractivity contribution in [3.05, 3.63) is 46.8 Å². The lowest BCUT2D eigenvalue weighted by molar-refractivity contribution is -0.0106. The molecule has 0 saturated heterocycles. The normalized spacial score (nSPS) is 14.7. The van der Waals surface area contributed by atoms with Crippen molar-refractivity contribution in [2.24, 2.45) is 0 Å². The summed E-state index contributed by atoms with van der Waals surface area (Å²) in [7, 11) is 0. The number of nitrogen functional groups attached to an aromatic ring is 1. The fraction of sp³-hybridized carbons (Fsp3) is 0.478. The Hall–Kier alpha value is -2.10. The van der Waals surface area contributed by atoms with Gasteiger partial charge in [0.2, 0.25) is 5.75 Å². The molecule has 0 amide bonds. The van der Waals surface area contributed by atoms with Crippen molar-refractivity contribution < 1.29 is 13.9 Å². The van der Waals surface area contributed by atoms with Crippen LogP contribution in [-0.2, 0) is 12.8 Å². The zero-order chi connectivity index (χ0) is 20.0. The molecule has 0 saturated carbocycles. The van der Waals surface area contributed by atoms with Gasteiger partial charge >= 0.3 is 0 Å². The van der Waals surface area contributed by atoms with Gasteiger partial charge in [-0.05, 0) is 65.6 Å². The number of benzene rings is 2. The number of anilines is 1. The number of halogens is 2. The lowest BCUT2D eigenvalue weighted by Crippen LogP contribution is -2.16. The van der Waals surface area contributed by atoms with Crippen molar-refractivity contribution in [2.75, 3.05) is 5.73 Å². The average Bonchev–Trinajstić information content (AvgIpc) is 2.67. The van der Waals surface area contributed by atoms with E-state index >= 15 is 0 Å². The van der Waals surface area contributed by atoms with E-state index in [-0.39, 0.29) is 5.75 Å². The molecule has 1 atom stereocenters. The van der Waals surface area contributed by atoms with Gasteiger partial charge in [0.05, 0.1) is 0 Å². The largest absolute Gasteiger partial charge is 0.399 e. The molecule has 148 valence electrons. The van der Waals surface area contributed by atoms with Gasteiger partial charge in [0.1, 0.15) is 0 Å². The van der Waals surface area contributed by atoms with E-state index in [2.05, 4.69) is 18.8 Å². The van der Waals surface area contributed by atoms with Crippen LogP contribution in [0.15, 0.2) is 24.3 Å². The second kappa shape index (κ2) is 9.72. The Morgan fingerprint density at radius 3 is 2.52 bits per heavy atom. The van der Waals surface area contributed by atoms with Crippen LogP contribution in [0.5, 0.6) is 5.75 Å². The molecule has 2 N–H and O–H groups in total. The zero-order valence-corrected chi connectivity index (χ0v) is 16.9. The molecular formula is C23H31F2NO. The number of aryl methyl sites for hydroxylation is 1. The number of hydrogen-bond donors (Lipinski definition) is 1. The van der Waals surface area contributed by atoms with Gasteiger partial charge in [0, 0.05) is 15.8 Å². The molecular weight excluding hydrogens is 344 g/mol. The third-order valence-corrected chi connectivity index (χ3v) is 5.13. The molecule has 3 rings (SSSR count). The summed E-state index contributed by atoms with van der Waals surface area (Å²) in [5.41, 5.74) is 11.3. The maximum atomic E-state index is 14.9. The highest BCUT2D eigenvalue weighted by Gasteiger charge is 2.30. The number of hydrogen-bond acceptors (Lipinski definition) is 2. The SMILES string of the molecule is CC.CCCCC1Cc2ccc(OF)c(F)c2-c2cc(N)cc(CCC)c21. The zero-order valence-electron chi connectivity index (χ0n) is 16.9. The molecule has 1 unspecified atom stereocenters. The average molecular weight is 376 g/mol. The summed E-state index contributed by atoms with van der Waals surface area (Å²) in [4.78, 5) is 3.72. The number of fused-ring (bicyclic) bond motifs is 3. The molecule has 1 aliphatic carbocycles. The highest BCUT2D eigenvalue weighted by molar-refractivity contribution is 5.79. The van der Waals surface area contributed by atoms with Crippen LogP contribution >= 0.6 is 0 Å². The lowest BCUT2D eigenvalue weighted by Gasteiger charge is -2.31. The third kappa shape index (κ3) is 4.26. The highest BCUT2D eigenvalue weighted by atomic mass is 19.3. The summed E-state index contributed by atoms with van der Waals surface area (Å²) >= 11 is 0. The molecule has 0 radical (unpaired) electrons. The molecule has 1 aliphatic rings. The quantitative estimate of drug-likeness (QED) is 0.544. The third-order valence-electron chi connectivity index (χ3n) is 5.13. The van der Waals surface area contributed by atoms with Gasteiger partial charge in [-0.2, -0.15) is 0 Å². The Kier molecular flexibility index (Phi) is 7.64. The summed E-state index contributed by atoms with van der Waals surface area (Å²) in [5, 5.41) is 0. The first-order chi connectivity index (χ1) is 13.1. The van der Waals surface area contributed by atoms with E-state index in [1.54, 1.807) is 6.07 Å². The summed E-state index contributed by atoms with van der Waals surface area (Å²) in [6, 6.07) is 6.99. The van der Waals surface area contributed by atoms with E-state index in [1.165, 1.54) is 17.2 Å². The second-order valence-corrected chi connectivity index (χ2v) is 6.92. The minimum absolute atomic E-state index is 0.348. The van der Waals surface area contributed by atoms with Crippen molar-refractivity contribution >= 4 is 5.69 Å².